The van der Waals surface area contributed by atoms with Gasteiger partial charge >= 0.3 is 0 Å². The molecule has 1 atom stereocenters. The summed E-state index contributed by atoms with van der Waals surface area (Å²) in [6, 6.07) is -0.00238. The van der Waals surface area contributed by atoms with Gasteiger partial charge in [0.25, 0.3) is 0 Å². The number of carbonyl (C=O) groups is 2. The first-order valence-electron chi connectivity index (χ1n) is 5.67. The zero-order valence-corrected chi connectivity index (χ0v) is 11.5. The second kappa shape index (κ2) is 6.21. The molecule has 1 aliphatic heterocycles. The molecule has 0 radical (unpaired) electrons. The third-order valence-electron chi connectivity index (χ3n) is 3.10. The van der Waals surface area contributed by atoms with Crippen LogP contribution in [0.3, 0.4) is 0 Å². The molecule has 0 bridgehead atoms. The lowest BCUT2D eigenvalue weighted by Crippen LogP contribution is -2.49. The second-order valence-electron chi connectivity index (χ2n) is 4.98. The smallest absolute Gasteiger partial charge is 0.237 e. The van der Waals surface area contributed by atoms with E-state index in [0.717, 1.165) is 13.0 Å². The average Bonchev–Trinajstić information content (AvgIpc) is 2.61. The number of nitrogens with one attached hydrogen (secondary N) is 1. The predicted octanol–water partition coefficient (Wildman–Crippen LogP) is 0.130. The summed E-state index contributed by atoms with van der Waals surface area (Å²) in [6.45, 7) is 7.26. The van der Waals surface area contributed by atoms with Crippen molar-refractivity contribution in [2.24, 2.45) is 11.1 Å². The van der Waals surface area contributed by atoms with E-state index in [-0.39, 0.29) is 36.3 Å². The van der Waals surface area contributed by atoms with Crippen LogP contribution in [0.5, 0.6) is 0 Å². The number of nitrogens with zero attached hydrogens (tertiary/aromatic N) is 1. The number of carbonyl (C=O) groups excluding carboxylic acids is 2. The fourth-order valence-electron chi connectivity index (χ4n) is 2.00. The molecular formula is C11H22ClN3O2. The van der Waals surface area contributed by atoms with Crippen LogP contribution in [0.4, 0.5) is 0 Å². The molecule has 0 saturated carbocycles. The number of hydrogen-bond acceptors (Lipinski definition) is 3. The summed E-state index contributed by atoms with van der Waals surface area (Å²) in [5.74, 6) is -0.442. The van der Waals surface area contributed by atoms with Crippen LogP contribution in [0.25, 0.3) is 0 Å². The lowest BCUT2D eigenvalue weighted by molar-refractivity contribution is -0.144. The highest BCUT2D eigenvalue weighted by atomic mass is 35.5. The molecule has 0 aromatic carbocycles. The van der Waals surface area contributed by atoms with Crippen molar-refractivity contribution >= 4 is 24.2 Å². The Morgan fingerprint density at radius 3 is 2.41 bits per heavy atom. The zero-order chi connectivity index (χ0) is 12.3. The van der Waals surface area contributed by atoms with Crippen LogP contribution >= 0.6 is 12.4 Å². The molecule has 5 nitrogen and oxygen atoms in total. The highest BCUT2D eigenvalue weighted by molar-refractivity contribution is 5.87. The quantitative estimate of drug-likeness (QED) is 0.757. The maximum absolute atomic E-state index is 12.3. The van der Waals surface area contributed by atoms with Crippen LogP contribution in [0, 0.1) is 5.41 Å². The Kier molecular flexibility index (Phi) is 5.92. The molecule has 1 fully saturated rings. The van der Waals surface area contributed by atoms with Crippen molar-refractivity contribution in [3.05, 3.63) is 0 Å². The summed E-state index contributed by atoms with van der Waals surface area (Å²) in [4.78, 5) is 24.8. The van der Waals surface area contributed by atoms with Crippen molar-refractivity contribution in [2.75, 3.05) is 19.6 Å². The van der Waals surface area contributed by atoms with E-state index >= 15 is 0 Å². The Morgan fingerprint density at radius 1 is 1.47 bits per heavy atom. The van der Waals surface area contributed by atoms with Gasteiger partial charge < -0.3 is 16.0 Å². The molecule has 2 amide bonds. The molecule has 1 heterocycles. The van der Waals surface area contributed by atoms with E-state index in [9.17, 15) is 9.59 Å². The van der Waals surface area contributed by atoms with Crippen molar-refractivity contribution in [3.63, 3.8) is 0 Å². The molecular weight excluding hydrogens is 242 g/mol. The summed E-state index contributed by atoms with van der Waals surface area (Å²) in [6.07, 6.45) is 0.813. The molecule has 1 rings (SSSR count). The largest absolute Gasteiger partial charge is 0.368 e. The van der Waals surface area contributed by atoms with Crippen molar-refractivity contribution in [3.8, 4) is 0 Å². The standard InChI is InChI=1S/C11H21N3O2.ClH/c1-8(2)14(6-9(12)15)10(16)11(3)4-5-13-7-11;/h8,13H,4-7H2,1-3H3,(H2,12,15);1H. The molecule has 0 aliphatic carbocycles. The number of primary amides is 1. The Balaban J connectivity index is 0.00000256. The van der Waals surface area contributed by atoms with Crippen LogP contribution in [-0.4, -0.2) is 42.4 Å². The SMILES string of the molecule is CC(C)N(CC(N)=O)C(=O)C1(C)CCNC1.Cl. The van der Waals surface area contributed by atoms with Gasteiger partial charge in [-0.1, -0.05) is 0 Å². The average molecular weight is 264 g/mol. The van der Waals surface area contributed by atoms with Gasteiger partial charge in [-0.15, -0.1) is 12.4 Å². The van der Waals surface area contributed by atoms with Crippen LogP contribution in [0.1, 0.15) is 27.2 Å². The molecule has 1 saturated heterocycles. The van der Waals surface area contributed by atoms with Gasteiger partial charge in [-0.05, 0) is 33.7 Å². The van der Waals surface area contributed by atoms with Gasteiger partial charge in [0.1, 0.15) is 0 Å². The Labute approximate surface area is 109 Å². The molecule has 3 N–H and O–H groups in total. The van der Waals surface area contributed by atoms with E-state index < -0.39 is 5.91 Å². The summed E-state index contributed by atoms with van der Waals surface area (Å²) in [5, 5.41) is 3.18. The maximum atomic E-state index is 12.3. The van der Waals surface area contributed by atoms with Gasteiger partial charge in [0, 0.05) is 12.6 Å². The van der Waals surface area contributed by atoms with E-state index in [1.54, 1.807) is 4.90 Å². The monoisotopic (exact) mass is 263 g/mol. The van der Waals surface area contributed by atoms with Gasteiger partial charge in [0.2, 0.25) is 11.8 Å². The van der Waals surface area contributed by atoms with Crippen LogP contribution in [0.2, 0.25) is 0 Å². The number of rotatable bonds is 4. The van der Waals surface area contributed by atoms with Crippen molar-refractivity contribution in [1.82, 2.24) is 10.2 Å². The van der Waals surface area contributed by atoms with Crippen molar-refractivity contribution < 1.29 is 9.59 Å². The fourth-order valence-corrected chi connectivity index (χ4v) is 2.00. The van der Waals surface area contributed by atoms with Crippen LogP contribution < -0.4 is 11.1 Å². The zero-order valence-electron chi connectivity index (χ0n) is 10.7. The first kappa shape index (κ1) is 16.2. The van der Waals surface area contributed by atoms with Crippen LogP contribution in [-0.2, 0) is 9.59 Å². The molecule has 0 aromatic rings. The van der Waals surface area contributed by atoms with E-state index in [4.69, 9.17) is 5.73 Å². The minimum absolute atomic E-state index is 0. The normalized spacial score (nSPS) is 23.3. The summed E-state index contributed by atoms with van der Waals surface area (Å²) >= 11 is 0. The van der Waals surface area contributed by atoms with Crippen molar-refractivity contribution in [2.45, 2.75) is 33.2 Å². The molecule has 0 aromatic heterocycles. The van der Waals surface area contributed by atoms with Crippen LogP contribution in [0.15, 0.2) is 0 Å². The number of amides is 2. The lowest BCUT2D eigenvalue weighted by Gasteiger charge is -2.33. The predicted molar refractivity (Wildman–Crippen MR) is 68.9 cm³/mol. The third kappa shape index (κ3) is 3.85. The Hall–Kier alpha value is -0.810. The molecule has 0 spiro atoms. The highest BCUT2D eigenvalue weighted by Crippen LogP contribution is 2.27. The molecule has 1 aliphatic rings. The Morgan fingerprint density at radius 2 is 2.06 bits per heavy atom. The maximum Gasteiger partial charge on any atom is 0.237 e. The highest BCUT2D eigenvalue weighted by Gasteiger charge is 2.40. The summed E-state index contributed by atoms with van der Waals surface area (Å²) < 4.78 is 0. The number of hydrogen-bond donors (Lipinski definition) is 2. The third-order valence-corrected chi connectivity index (χ3v) is 3.10. The van der Waals surface area contributed by atoms with E-state index in [0.29, 0.717) is 6.54 Å². The molecule has 1 unspecified atom stereocenters. The first-order chi connectivity index (χ1) is 7.37. The van der Waals surface area contributed by atoms with E-state index in [1.807, 2.05) is 20.8 Å². The topological polar surface area (TPSA) is 75.4 Å². The summed E-state index contributed by atoms with van der Waals surface area (Å²) in [5.41, 5.74) is 4.77. The van der Waals surface area contributed by atoms with Gasteiger partial charge in [-0.3, -0.25) is 9.59 Å². The fraction of sp³-hybridized carbons (Fsp3) is 0.818. The van der Waals surface area contributed by atoms with Gasteiger partial charge in [0.05, 0.1) is 12.0 Å². The minimum atomic E-state index is -0.461. The summed E-state index contributed by atoms with van der Waals surface area (Å²) in [7, 11) is 0. The van der Waals surface area contributed by atoms with E-state index in [1.165, 1.54) is 0 Å². The molecule has 100 valence electrons. The number of halogens is 1. The second-order valence-corrected chi connectivity index (χ2v) is 4.98. The Bertz CT molecular complexity index is 288. The van der Waals surface area contributed by atoms with Gasteiger partial charge in [-0.25, -0.2) is 0 Å². The molecule has 17 heavy (non-hydrogen) atoms. The van der Waals surface area contributed by atoms with Crippen molar-refractivity contribution in [1.29, 1.82) is 0 Å². The lowest BCUT2D eigenvalue weighted by atomic mass is 9.87. The van der Waals surface area contributed by atoms with E-state index in [2.05, 4.69) is 5.32 Å². The van der Waals surface area contributed by atoms with Gasteiger partial charge in [0.15, 0.2) is 0 Å². The first-order valence-corrected chi connectivity index (χ1v) is 5.67. The van der Waals surface area contributed by atoms with Gasteiger partial charge in [-0.2, -0.15) is 0 Å². The molecule has 6 heteroatoms. The number of nitrogens with two attached hydrogens (primary N) is 1. The minimum Gasteiger partial charge on any atom is -0.368 e.